The van der Waals surface area contributed by atoms with Gasteiger partial charge in [0, 0.05) is 12.0 Å². The summed E-state index contributed by atoms with van der Waals surface area (Å²) < 4.78 is 37.6. The van der Waals surface area contributed by atoms with Gasteiger partial charge in [0.05, 0.1) is 5.56 Å². The van der Waals surface area contributed by atoms with E-state index in [4.69, 9.17) is 5.73 Å². The molecule has 0 saturated carbocycles. The van der Waals surface area contributed by atoms with E-state index in [1.165, 1.54) is 0 Å². The van der Waals surface area contributed by atoms with Crippen molar-refractivity contribution in [1.82, 2.24) is 5.32 Å². The van der Waals surface area contributed by atoms with E-state index in [1.807, 2.05) is 25.1 Å². The molecular weight excluding hydrogens is 333 g/mol. The Morgan fingerprint density at radius 2 is 1.76 bits per heavy atom. The number of amides is 2. The zero-order valence-corrected chi connectivity index (χ0v) is 13.4. The van der Waals surface area contributed by atoms with E-state index in [2.05, 4.69) is 5.32 Å². The molecule has 0 heterocycles. The highest BCUT2D eigenvalue weighted by Crippen LogP contribution is 2.29. The van der Waals surface area contributed by atoms with E-state index in [9.17, 15) is 22.8 Å². The lowest BCUT2D eigenvalue weighted by Gasteiger charge is -2.16. The third-order valence-electron chi connectivity index (χ3n) is 3.65. The minimum Gasteiger partial charge on any atom is -0.368 e. The molecule has 0 spiro atoms. The van der Waals surface area contributed by atoms with Crippen LogP contribution in [0.2, 0.25) is 0 Å². The Morgan fingerprint density at radius 1 is 1.12 bits per heavy atom. The minimum absolute atomic E-state index is 0.0171. The number of halogens is 3. The molecule has 4 nitrogen and oxygen atoms in total. The summed E-state index contributed by atoms with van der Waals surface area (Å²) in [6.45, 7) is 1.89. The summed E-state index contributed by atoms with van der Waals surface area (Å²) in [5.74, 6) is -1.38. The maximum absolute atomic E-state index is 12.5. The van der Waals surface area contributed by atoms with Crippen LogP contribution in [0.15, 0.2) is 48.5 Å². The van der Waals surface area contributed by atoms with E-state index in [-0.39, 0.29) is 12.0 Å². The van der Waals surface area contributed by atoms with Gasteiger partial charge in [-0.3, -0.25) is 9.59 Å². The normalized spacial score (nSPS) is 12.5. The van der Waals surface area contributed by atoms with Crippen LogP contribution in [0.1, 0.15) is 27.0 Å². The van der Waals surface area contributed by atoms with Gasteiger partial charge in [0.1, 0.15) is 6.04 Å². The second kappa shape index (κ2) is 7.38. The fourth-order valence-electron chi connectivity index (χ4n) is 2.35. The number of primary amides is 1. The zero-order valence-electron chi connectivity index (χ0n) is 13.4. The van der Waals surface area contributed by atoms with Gasteiger partial charge >= 0.3 is 6.18 Å². The van der Waals surface area contributed by atoms with Crippen LogP contribution in [-0.4, -0.2) is 17.9 Å². The van der Waals surface area contributed by atoms with E-state index in [0.717, 1.165) is 35.4 Å². The van der Waals surface area contributed by atoms with Crippen LogP contribution in [0.25, 0.3) is 0 Å². The number of aryl methyl sites for hydroxylation is 1. The summed E-state index contributed by atoms with van der Waals surface area (Å²) in [6, 6.07) is 10.2. The van der Waals surface area contributed by atoms with Crippen molar-refractivity contribution in [3.63, 3.8) is 0 Å². The van der Waals surface area contributed by atoms with Gasteiger partial charge in [-0.1, -0.05) is 29.8 Å². The molecular formula is C18H17F3N2O2. The van der Waals surface area contributed by atoms with E-state index < -0.39 is 29.6 Å². The van der Waals surface area contributed by atoms with Gasteiger partial charge in [-0.2, -0.15) is 13.2 Å². The number of nitrogens with one attached hydrogen (secondary N) is 1. The molecule has 0 fully saturated rings. The number of nitrogens with two attached hydrogens (primary N) is 1. The molecule has 0 aliphatic heterocycles. The van der Waals surface area contributed by atoms with Crippen LogP contribution in [0.4, 0.5) is 13.2 Å². The van der Waals surface area contributed by atoms with Crippen molar-refractivity contribution in [3.8, 4) is 0 Å². The average Bonchev–Trinajstić information content (AvgIpc) is 2.53. The molecule has 0 aliphatic rings. The molecule has 25 heavy (non-hydrogen) atoms. The molecule has 0 saturated heterocycles. The van der Waals surface area contributed by atoms with Crippen molar-refractivity contribution in [2.75, 3.05) is 0 Å². The highest BCUT2D eigenvalue weighted by Gasteiger charge is 2.30. The van der Waals surface area contributed by atoms with Crippen LogP contribution in [0, 0.1) is 6.92 Å². The zero-order chi connectivity index (χ0) is 18.6. The first kappa shape index (κ1) is 18.5. The van der Waals surface area contributed by atoms with Crippen molar-refractivity contribution in [1.29, 1.82) is 0 Å². The molecule has 0 bridgehead atoms. The molecule has 2 aromatic carbocycles. The highest BCUT2D eigenvalue weighted by molar-refractivity contribution is 5.97. The molecule has 1 atom stereocenters. The Labute approximate surface area is 142 Å². The molecule has 0 radical (unpaired) electrons. The van der Waals surface area contributed by atoms with Gasteiger partial charge in [0.25, 0.3) is 5.91 Å². The lowest BCUT2D eigenvalue weighted by molar-refractivity contribution is -0.137. The second-order valence-corrected chi connectivity index (χ2v) is 5.70. The molecule has 3 N–H and O–H groups in total. The SMILES string of the molecule is Cc1cccc(C[C@H](NC(=O)c2ccc(C(F)(F)F)cc2)C(N)=O)c1. The fourth-order valence-corrected chi connectivity index (χ4v) is 2.35. The number of carbonyl (C=O) groups excluding carboxylic acids is 2. The smallest absolute Gasteiger partial charge is 0.368 e. The Bertz CT molecular complexity index is 771. The van der Waals surface area contributed by atoms with E-state index >= 15 is 0 Å². The topological polar surface area (TPSA) is 72.2 Å². The third-order valence-corrected chi connectivity index (χ3v) is 3.65. The van der Waals surface area contributed by atoms with Gasteiger partial charge in [-0.05, 0) is 36.8 Å². The number of rotatable bonds is 5. The van der Waals surface area contributed by atoms with Crippen LogP contribution in [0.5, 0.6) is 0 Å². The van der Waals surface area contributed by atoms with Crippen molar-refractivity contribution in [2.24, 2.45) is 5.73 Å². The number of hydrogen-bond acceptors (Lipinski definition) is 2. The first-order valence-corrected chi connectivity index (χ1v) is 7.50. The van der Waals surface area contributed by atoms with Crippen molar-refractivity contribution >= 4 is 11.8 Å². The number of carbonyl (C=O) groups is 2. The first-order chi connectivity index (χ1) is 11.7. The van der Waals surface area contributed by atoms with Crippen molar-refractivity contribution in [3.05, 3.63) is 70.8 Å². The van der Waals surface area contributed by atoms with Crippen LogP contribution >= 0.6 is 0 Å². The molecule has 0 aliphatic carbocycles. The standard InChI is InChI=1S/C18H17F3N2O2/c1-11-3-2-4-12(9-11)10-15(16(22)24)23-17(25)13-5-7-14(8-6-13)18(19,20)21/h2-9,15H,10H2,1H3,(H2,22,24)(H,23,25)/t15-/m0/s1. The Kier molecular flexibility index (Phi) is 5.46. The van der Waals surface area contributed by atoms with Crippen molar-refractivity contribution in [2.45, 2.75) is 25.6 Å². The Balaban J connectivity index is 2.11. The lowest BCUT2D eigenvalue weighted by atomic mass is 10.0. The summed E-state index contributed by atoms with van der Waals surface area (Å²) >= 11 is 0. The van der Waals surface area contributed by atoms with Gasteiger partial charge < -0.3 is 11.1 Å². The molecule has 7 heteroatoms. The summed E-state index contributed by atoms with van der Waals surface area (Å²) in [6.07, 6.45) is -4.28. The van der Waals surface area contributed by atoms with Gasteiger partial charge in [-0.25, -0.2) is 0 Å². The summed E-state index contributed by atoms with van der Waals surface area (Å²) in [5, 5.41) is 2.46. The summed E-state index contributed by atoms with van der Waals surface area (Å²) in [5.41, 5.74) is 6.30. The molecule has 2 aromatic rings. The Morgan fingerprint density at radius 3 is 2.28 bits per heavy atom. The summed E-state index contributed by atoms with van der Waals surface area (Å²) in [4.78, 5) is 23.8. The predicted molar refractivity (Wildman–Crippen MR) is 86.8 cm³/mol. The largest absolute Gasteiger partial charge is 0.416 e. The van der Waals surface area contributed by atoms with Gasteiger partial charge in [-0.15, -0.1) is 0 Å². The monoisotopic (exact) mass is 350 g/mol. The summed E-state index contributed by atoms with van der Waals surface area (Å²) in [7, 11) is 0. The van der Waals surface area contributed by atoms with Crippen LogP contribution in [-0.2, 0) is 17.4 Å². The molecule has 2 rings (SSSR count). The predicted octanol–water partition coefficient (Wildman–Crippen LogP) is 2.84. The van der Waals surface area contributed by atoms with Gasteiger partial charge in [0.2, 0.25) is 5.91 Å². The maximum atomic E-state index is 12.5. The van der Waals surface area contributed by atoms with Crippen LogP contribution < -0.4 is 11.1 Å². The fraction of sp³-hybridized carbons (Fsp3) is 0.222. The highest BCUT2D eigenvalue weighted by atomic mass is 19.4. The van der Waals surface area contributed by atoms with E-state index in [0.29, 0.717) is 0 Å². The first-order valence-electron chi connectivity index (χ1n) is 7.50. The van der Waals surface area contributed by atoms with Gasteiger partial charge in [0.15, 0.2) is 0 Å². The minimum atomic E-state index is -4.48. The van der Waals surface area contributed by atoms with Crippen LogP contribution in [0.3, 0.4) is 0 Å². The number of alkyl halides is 3. The third kappa shape index (κ3) is 5.07. The lowest BCUT2D eigenvalue weighted by Crippen LogP contribution is -2.45. The number of hydrogen-bond donors (Lipinski definition) is 2. The van der Waals surface area contributed by atoms with E-state index in [1.54, 1.807) is 6.07 Å². The van der Waals surface area contributed by atoms with Crippen molar-refractivity contribution < 1.29 is 22.8 Å². The number of benzene rings is 2. The molecule has 0 unspecified atom stereocenters. The molecule has 0 aromatic heterocycles. The average molecular weight is 350 g/mol. The molecule has 132 valence electrons. The molecule has 2 amide bonds. The Hall–Kier alpha value is -2.83. The maximum Gasteiger partial charge on any atom is 0.416 e. The quantitative estimate of drug-likeness (QED) is 0.870. The second-order valence-electron chi connectivity index (χ2n) is 5.70.